The third-order valence-electron chi connectivity index (χ3n) is 3.00. The number of primary sulfonamides is 1. The van der Waals surface area contributed by atoms with E-state index in [1.54, 1.807) is 12.1 Å². The Balaban J connectivity index is 0.000000593. The Bertz CT molecular complexity index is 750. The lowest BCUT2D eigenvalue weighted by Crippen LogP contribution is -2.42. The molecule has 126 valence electrons. The molecule has 1 heterocycles. The first-order chi connectivity index (χ1) is 10.5. The Morgan fingerprint density at radius 1 is 0.957 bits per heavy atom. The van der Waals surface area contributed by atoms with Crippen molar-refractivity contribution in [3.8, 4) is 5.69 Å². The quantitative estimate of drug-likeness (QED) is 0.616. The molecule has 0 saturated carbocycles. The molecule has 7 nitrogen and oxygen atoms in total. The zero-order valence-corrected chi connectivity index (χ0v) is 14.4. The zero-order chi connectivity index (χ0) is 17.8. The molecule has 1 aromatic carbocycles. The molecule has 0 radical (unpaired) electrons. The molecule has 0 saturated heterocycles. The topological polar surface area (TPSA) is 133 Å². The molecular weight excluding hydrogens is 344 g/mol. The van der Waals surface area contributed by atoms with Crippen molar-refractivity contribution >= 4 is 10.0 Å². The minimum atomic E-state index is -3.64. The van der Waals surface area contributed by atoms with Crippen LogP contribution in [0.4, 0.5) is 0 Å². The molecule has 0 fully saturated rings. The Morgan fingerprint density at radius 2 is 1.35 bits per heavy atom. The first kappa shape index (κ1) is 19.5. The summed E-state index contributed by atoms with van der Waals surface area (Å²) in [5, 5.41) is 5.09. The van der Waals surface area contributed by atoms with Crippen molar-refractivity contribution in [2.45, 2.75) is 25.7 Å². The molecule has 0 aliphatic heterocycles. The summed E-state index contributed by atoms with van der Waals surface area (Å²) in [6, 6.07) is 10.7. The molecule has 2 N–H and O–H groups in total. The van der Waals surface area contributed by atoms with Gasteiger partial charge in [0.15, 0.2) is 11.4 Å². The normalized spacial score (nSPS) is 11.1. The van der Waals surface area contributed by atoms with Gasteiger partial charge in [0.1, 0.15) is 0 Å². The van der Waals surface area contributed by atoms with Crippen molar-refractivity contribution in [3.05, 3.63) is 53.3 Å². The van der Waals surface area contributed by atoms with E-state index < -0.39 is 20.8 Å². The highest BCUT2D eigenvalue weighted by Crippen LogP contribution is 2.11. The van der Waals surface area contributed by atoms with Crippen LogP contribution in [0.3, 0.4) is 0 Å². The number of nitrogens with two attached hydrogens (primary N) is 1. The van der Waals surface area contributed by atoms with Crippen molar-refractivity contribution in [1.29, 1.82) is 0 Å². The number of hydrogen-bond donors (Lipinski definition) is 1. The van der Waals surface area contributed by atoms with Gasteiger partial charge in [0, 0.05) is 38.1 Å². The molecule has 0 bridgehead atoms. The molecule has 0 atom stereocenters. The molecule has 0 spiro atoms. The second-order valence-corrected chi connectivity index (χ2v) is 6.82. The van der Waals surface area contributed by atoms with E-state index in [1.165, 1.54) is 17.7 Å². The van der Waals surface area contributed by atoms with E-state index in [1.807, 2.05) is 13.8 Å². The minimum absolute atomic E-state index is 0.124. The highest BCUT2D eigenvalue weighted by atomic mass is 35.6. The van der Waals surface area contributed by atoms with E-state index in [-0.39, 0.29) is 4.90 Å². The molecule has 0 aliphatic carbocycles. The predicted molar refractivity (Wildman–Crippen MR) is 73.6 cm³/mol. The number of aromatic nitrogens is 1. The van der Waals surface area contributed by atoms with Crippen LogP contribution in [0.2, 0.25) is 0 Å². The maximum atomic E-state index is 11.2. The fourth-order valence-corrected chi connectivity index (χ4v) is 2.82. The number of sulfonamides is 1. The van der Waals surface area contributed by atoms with E-state index >= 15 is 0 Å². The zero-order valence-electron chi connectivity index (χ0n) is 12.8. The summed E-state index contributed by atoms with van der Waals surface area (Å²) in [5.41, 5.74) is 4.32. The van der Waals surface area contributed by atoms with Crippen LogP contribution in [0.1, 0.15) is 17.0 Å². The van der Waals surface area contributed by atoms with Gasteiger partial charge in [-0.3, -0.25) is 0 Å². The lowest BCUT2D eigenvalue weighted by atomic mass is 10.2. The molecule has 9 heteroatoms. The van der Waals surface area contributed by atoms with E-state index in [9.17, 15) is 8.42 Å². The highest BCUT2D eigenvalue weighted by molar-refractivity contribution is 7.89. The molecule has 1 aromatic heterocycles. The van der Waals surface area contributed by atoms with E-state index in [0.717, 1.165) is 17.1 Å². The van der Waals surface area contributed by atoms with Gasteiger partial charge in [-0.2, -0.15) is 4.57 Å². The van der Waals surface area contributed by atoms with Crippen LogP contribution in [0.15, 0.2) is 41.3 Å². The fourth-order valence-electron chi connectivity index (χ4n) is 2.30. The van der Waals surface area contributed by atoms with Crippen LogP contribution >= 0.6 is 0 Å². The summed E-state index contributed by atoms with van der Waals surface area (Å²) in [6.07, 6.45) is 0. The van der Waals surface area contributed by atoms with Gasteiger partial charge in [0.25, 0.3) is 0 Å². The largest absolute Gasteiger partial charge is 0.357 e. The monoisotopic (exact) mass is 360 g/mol. The molecule has 0 aliphatic rings. The molecule has 2 rings (SSSR count). The Labute approximate surface area is 138 Å². The predicted octanol–water partition coefficient (Wildman–Crippen LogP) is -2.03. The minimum Gasteiger partial charge on any atom is -0.357 e. The summed E-state index contributed by atoms with van der Waals surface area (Å²) in [7, 11) is -6.49. The van der Waals surface area contributed by atoms with Crippen molar-refractivity contribution < 1.29 is 37.7 Å². The van der Waals surface area contributed by atoms with Crippen LogP contribution in [-0.4, -0.2) is 8.42 Å². The first-order valence-corrected chi connectivity index (χ1v) is 8.86. The lowest BCUT2D eigenvalue weighted by molar-refractivity contribution is -1.73. The second-order valence-electron chi connectivity index (χ2n) is 4.88. The molecule has 0 unspecified atom stereocenters. The van der Waals surface area contributed by atoms with Gasteiger partial charge in [0.2, 0.25) is 15.7 Å². The highest BCUT2D eigenvalue weighted by Gasteiger charge is 2.16. The van der Waals surface area contributed by atoms with E-state index in [2.05, 4.69) is 23.6 Å². The van der Waals surface area contributed by atoms with Crippen LogP contribution in [0.25, 0.3) is 5.69 Å². The number of halogens is 1. The van der Waals surface area contributed by atoms with Gasteiger partial charge in [0.05, 0.1) is 15.7 Å². The second kappa shape index (κ2) is 7.82. The SMILES string of the molecule is Cc1cc(C)[n+](-c2ccc(S(N)(=O)=O)cc2)c(C)c1.[O-][Cl+2]([O-])[O-]. The summed E-state index contributed by atoms with van der Waals surface area (Å²) < 4.78 is 49.8. The van der Waals surface area contributed by atoms with Gasteiger partial charge >= 0.3 is 0 Å². The number of aryl methyl sites for hydroxylation is 3. The van der Waals surface area contributed by atoms with Crippen LogP contribution in [-0.2, 0) is 10.0 Å². The summed E-state index contributed by atoms with van der Waals surface area (Å²) in [4.78, 5) is 0.124. The lowest BCUT2D eigenvalue weighted by Gasteiger charge is -2.05. The van der Waals surface area contributed by atoms with Crippen molar-refractivity contribution in [2.75, 3.05) is 0 Å². The van der Waals surface area contributed by atoms with Gasteiger partial charge in [-0.25, -0.2) is 13.6 Å². The van der Waals surface area contributed by atoms with E-state index in [0.29, 0.717) is 0 Å². The maximum Gasteiger partial charge on any atom is 0.238 e. The number of benzene rings is 1. The number of nitrogens with zero attached hydrogens (tertiary/aromatic N) is 1. The smallest absolute Gasteiger partial charge is 0.238 e. The maximum absolute atomic E-state index is 11.2. The third-order valence-corrected chi connectivity index (χ3v) is 3.93. The van der Waals surface area contributed by atoms with Gasteiger partial charge in [-0.15, -0.1) is 0 Å². The van der Waals surface area contributed by atoms with Gasteiger partial charge < -0.3 is 14.0 Å². The van der Waals surface area contributed by atoms with E-state index in [4.69, 9.17) is 19.1 Å². The average Bonchev–Trinajstić information content (AvgIpc) is 2.36. The standard InChI is InChI=1S/C14H17N2O2S.ClO3/c1-10-8-11(2)16(12(3)9-10)13-4-6-14(7-5-13)19(15,17)18;2-1(3)4/h4-9H,1-3H3,(H2,15,17,18);/q+1;-1. The summed E-state index contributed by atoms with van der Waals surface area (Å²) >= 11 is 0. The fraction of sp³-hybridized carbons (Fsp3) is 0.214. The first-order valence-electron chi connectivity index (χ1n) is 6.38. The van der Waals surface area contributed by atoms with Gasteiger partial charge in [-0.1, -0.05) is 0 Å². The summed E-state index contributed by atoms with van der Waals surface area (Å²) in [6.45, 7) is 6.09. The Kier molecular flexibility index (Phi) is 6.63. The molecule has 0 amide bonds. The molecule has 23 heavy (non-hydrogen) atoms. The van der Waals surface area contributed by atoms with Crippen molar-refractivity contribution in [2.24, 2.45) is 5.14 Å². The number of rotatable bonds is 2. The number of pyridine rings is 1. The Morgan fingerprint density at radius 3 is 1.70 bits per heavy atom. The van der Waals surface area contributed by atoms with Crippen LogP contribution < -0.4 is 23.7 Å². The van der Waals surface area contributed by atoms with Crippen LogP contribution in [0, 0.1) is 31.6 Å². The van der Waals surface area contributed by atoms with Gasteiger partial charge in [-0.05, 0) is 24.6 Å². The van der Waals surface area contributed by atoms with Crippen LogP contribution in [0.5, 0.6) is 0 Å². The number of hydrogen-bond acceptors (Lipinski definition) is 5. The van der Waals surface area contributed by atoms with Crippen molar-refractivity contribution in [1.82, 2.24) is 0 Å². The summed E-state index contributed by atoms with van der Waals surface area (Å²) in [5.74, 6) is 0. The third kappa shape index (κ3) is 5.87. The molecule has 2 aromatic rings. The molecular formula is C14H17ClN2O5S. The Hall–Kier alpha value is -1.55. The average molecular weight is 361 g/mol. The van der Waals surface area contributed by atoms with Crippen molar-refractivity contribution in [3.63, 3.8) is 0 Å².